The number of aromatic amines is 1. The molecule has 2 aromatic rings. The van der Waals surface area contributed by atoms with Crippen molar-refractivity contribution in [1.29, 1.82) is 0 Å². The molecular formula is C13H12N2O4S. The van der Waals surface area contributed by atoms with E-state index in [1.165, 1.54) is 23.6 Å². The van der Waals surface area contributed by atoms with Crippen molar-refractivity contribution in [1.82, 2.24) is 10.3 Å². The largest absolute Gasteiger partial charge is 0.479 e. The fourth-order valence-corrected chi connectivity index (χ4v) is 2.44. The number of H-pyrrole nitrogens is 1. The van der Waals surface area contributed by atoms with E-state index in [-0.39, 0.29) is 5.56 Å². The molecule has 1 unspecified atom stereocenters. The number of nitrogens with one attached hydrogen (secondary N) is 2. The van der Waals surface area contributed by atoms with Gasteiger partial charge in [0.15, 0.2) is 11.5 Å². The normalized spacial score (nSPS) is 11.8. The molecule has 0 saturated carbocycles. The van der Waals surface area contributed by atoms with E-state index in [9.17, 15) is 14.4 Å². The standard InChI is InChI=1S/C13H12N2O4S/c1-7-5-9(16)8(6-14-7)12(17)15-11(13(18)19)10-3-2-4-20-10/h2-6,11H,1H3,(H,14,16)(H,15,17)(H,18,19). The van der Waals surface area contributed by atoms with E-state index in [1.807, 2.05) is 0 Å². The zero-order chi connectivity index (χ0) is 14.7. The quantitative estimate of drug-likeness (QED) is 0.791. The Balaban J connectivity index is 2.25. The molecule has 2 heterocycles. The number of thiophene rings is 1. The number of hydrogen-bond donors (Lipinski definition) is 3. The van der Waals surface area contributed by atoms with Crippen molar-refractivity contribution < 1.29 is 14.7 Å². The predicted molar refractivity (Wildman–Crippen MR) is 74.0 cm³/mol. The van der Waals surface area contributed by atoms with Crippen molar-refractivity contribution in [3.05, 3.63) is 56.1 Å². The minimum atomic E-state index is -1.18. The number of carboxylic acids is 1. The van der Waals surface area contributed by atoms with Gasteiger partial charge in [0.25, 0.3) is 5.91 Å². The number of amides is 1. The number of carboxylic acid groups (broad SMARTS) is 1. The first kappa shape index (κ1) is 14.0. The Morgan fingerprint density at radius 2 is 2.20 bits per heavy atom. The number of aromatic nitrogens is 1. The number of aliphatic carboxylic acids is 1. The zero-order valence-electron chi connectivity index (χ0n) is 10.5. The highest BCUT2D eigenvalue weighted by molar-refractivity contribution is 7.10. The van der Waals surface area contributed by atoms with E-state index >= 15 is 0 Å². The number of carbonyl (C=O) groups is 2. The molecule has 2 aromatic heterocycles. The summed E-state index contributed by atoms with van der Waals surface area (Å²) >= 11 is 1.22. The second kappa shape index (κ2) is 5.70. The maximum absolute atomic E-state index is 12.0. The van der Waals surface area contributed by atoms with Gasteiger partial charge in [-0.05, 0) is 18.4 Å². The Kier molecular flexibility index (Phi) is 3.99. The van der Waals surface area contributed by atoms with Crippen LogP contribution in [-0.4, -0.2) is 22.0 Å². The third kappa shape index (κ3) is 2.94. The van der Waals surface area contributed by atoms with E-state index in [4.69, 9.17) is 5.11 Å². The summed E-state index contributed by atoms with van der Waals surface area (Å²) in [7, 11) is 0. The van der Waals surface area contributed by atoms with Crippen molar-refractivity contribution in [3.8, 4) is 0 Å². The molecule has 0 saturated heterocycles. The topological polar surface area (TPSA) is 99.3 Å². The summed E-state index contributed by atoms with van der Waals surface area (Å²) in [6.07, 6.45) is 1.28. The summed E-state index contributed by atoms with van der Waals surface area (Å²) in [6.45, 7) is 1.69. The monoisotopic (exact) mass is 292 g/mol. The van der Waals surface area contributed by atoms with Crippen LogP contribution in [0.15, 0.2) is 34.6 Å². The van der Waals surface area contributed by atoms with Gasteiger partial charge in [0.2, 0.25) is 0 Å². The van der Waals surface area contributed by atoms with Crippen molar-refractivity contribution in [3.63, 3.8) is 0 Å². The second-order valence-corrected chi connectivity index (χ2v) is 5.13. The highest BCUT2D eigenvalue weighted by Crippen LogP contribution is 2.19. The van der Waals surface area contributed by atoms with Crippen LogP contribution >= 0.6 is 11.3 Å². The Morgan fingerprint density at radius 3 is 2.75 bits per heavy atom. The van der Waals surface area contributed by atoms with Gasteiger partial charge in [0, 0.05) is 22.8 Å². The number of aryl methyl sites for hydroxylation is 1. The molecule has 0 aliphatic carbocycles. The molecule has 104 valence electrons. The van der Waals surface area contributed by atoms with Crippen LogP contribution in [0, 0.1) is 6.92 Å². The molecule has 1 atom stereocenters. The number of hydrogen-bond acceptors (Lipinski definition) is 4. The Hall–Kier alpha value is -2.41. The van der Waals surface area contributed by atoms with E-state index in [0.717, 1.165) is 0 Å². The van der Waals surface area contributed by atoms with Crippen molar-refractivity contribution >= 4 is 23.2 Å². The Labute approximate surface area is 118 Å². The van der Waals surface area contributed by atoms with Gasteiger partial charge in [-0.25, -0.2) is 4.79 Å². The van der Waals surface area contributed by atoms with Gasteiger partial charge < -0.3 is 15.4 Å². The fourth-order valence-electron chi connectivity index (χ4n) is 1.67. The molecule has 0 spiro atoms. The summed E-state index contributed by atoms with van der Waals surface area (Å²) in [4.78, 5) is 38.1. The molecule has 0 aliphatic rings. The van der Waals surface area contributed by atoms with Gasteiger partial charge in [-0.2, -0.15) is 0 Å². The van der Waals surface area contributed by atoms with E-state index in [1.54, 1.807) is 24.4 Å². The molecular weight excluding hydrogens is 280 g/mol. The lowest BCUT2D eigenvalue weighted by Crippen LogP contribution is -2.35. The van der Waals surface area contributed by atoms with Crippen LogP contribution in [0.25, 0.3) is 0 Å². The molecule has 0 bridgehead atoms. The molecule has 3 N–H and O–H groups in total. The van der Waals surface area contributed by atoms with Gasteiger partial charge in [-0.15, -0.1) is 11.3 Å². The van der Waals surface area contributed by atoms with Crippen LogP contribution in [0.4, 0.5) is 0 Å². The Bertz CT molecular complexity index is 691. The van der Waals surface area contributed by atoms with Gasteiger partial charge >= 0.3 is 5.97 Å². The fraction of sp³-hybridized carbons (Fsp3) is 0.154. The predicted octanol–water partition coefficient (Wildman–Crippen LogP) is 1.30. The highest BCUT2D eigenvalue weighted by Gasteiger charge is 2.24. The molecule has 1 amide bonds. The van der Waals surface area contributed by atoms with Crippen LogP contribution in [0.3, 0.4) is 0 Å². The van der Waals surface area contributed by atoms with Gasteiger partial charge in [-0.1, -0.05) is 6.07 Å². The third-order valence-electron chi connectivity index (χ3n) is 2.65. The smallest absolute Gasteiger partial charge is 0.331 e. The van der Waals surface area contributed by atoms with E-state index < -0.39 is 23.3 Å². The molecule has 0 aromatic carbocycles. The first-order valence-electron chi connectivity index (χ1n) is 5.75. The van der Waals surface area contributed by atoms with Crippen LogP contribution in [0.1, 0.15) is 27.0 Å². The average molecular weight is 292 g/mol. The van der Waals surface area contributed by atoms with Crippen LogP contribution in [-0.2, 0) is 4.79 Å². The lowest BCUT2D eigenvalue weighted by atomic mass is 10.2. The van der Waals surface area contributed by atoms with E-state index in [0.29, 0.717) is 10.6 Å². The van der Waals surface area contributed by atoms with Crippen LogP contribution < -0.4 is 10.7 Å². The lowest BCUT2D eigenvalue weighted by Gasteiger charge is -2.12. The van der Waals surface area contributed by atoms with Crippen molar-refractivity contribution in [2.75, 3.05) is 0 Å². The van der Waals surface area contributed by atoms with Crippen molar-refractivity contribution in [2.24, 2.45) is 0 Å². The SMILES string of the molecule is Cc1cc(=O)c(C(=O)NC(C(=O)O)c2cccs2)c[nH]1. The van der Waals surface area contributed by atoms with Gasteiger partial charge in [0.05, 0.1) is 0 Å². The molecule has 0 fully saturated rings. The number of carbonyl (C=O) groups excluding carboxylic acids is 1. The highest BCUT2D eigenvalue weighted by atomic mass is 32.1. The molecule has 0 aliphatic heterocycles. The van der Waals surface area contributed by atoms with Gasteiger partial charge in [0.1, 0.15) is 5.56 Å². The minimum Gasteiger partial charge on any atom is -0.479 e. The summed E-state index contributed by atoms with van der Waals surface area (Å²) in [6, 6.07) is 3.43. The summed E-state index contributed by atoms with van der Waals surface area (Å²) < 4.78 is 0. The molecule has 2 rings (SSSR count). The second-order valence-electron chi connectivity index (χ2n) is 4.15. The molecule has 20 heavy (non-hydrogen) atoms. The maximum Gasteiger partial charge on any atom is 0.331 e. The number of pyridine rings is 1. The number of rotatable bonds is 4. The first-order valence-corrected chi connectivity index (χ1v) is 6.63. The van der Waals surface area contributed by atoms with Crippen LogP contribution in [0.5, 0.6) is 0 Å². The first-order chi connectivity index (χ1) is 9.49. The zero-order valence-corrected chi connectivity index (χ0v) is 11.4. The summed E-state index contributed by atoms with van der Waals surface area (Å²) in [5.41, 5.74) is 0.0621. The minimum absolute atomic E-state index is 0.113. The average Bonchev–Trinajstić information content (AvgIpc) is 2.88. The maximum atomic E-state index is 12.0. The lowest BCUT2D eigenvalue weighted by molar-refractivity contribution is -0.139. The molecule has 7 heteroatoms. The van der Waals surface area contributed by atoms with Gasteiger partial charge in [-0.3, -0.25) is 9.59 Å². The van der Waals surface area contributed by atoms with Crippen LogP contribution in [0.2, 0.25) is 0 Å². The molecule has 0 radical (unpaired) electrons. The summed E-state index contributed by atoms with van der Waals surface area (Å²) in [5.74, 6) is -1.89. The summed E-state index contributed by atoms with van der Waals surface area (Å²) in [5, 5.41) is 13.2. The van der Waals surface area contributed by atoms with Crippen molar-refractivity contribution in [2.45, 2.75) is 13.0 Å². The third-order valence-corrected chi connectivity index (χ3v) is 3.59. The van der Waals surface area contributed by atoms with E-state index in [2.05, 4.69) is 10.3 Å². The Morgan fingerprint density at radius 1 is 1.45 bits per heavy atom. The molecule has 6 nitrogen and oxygen atoms in total.